The van der Waals surface area contributed by atoms with Crippen LogP contribution in [0, 0.1) is 0 Å². The summed E-state index contributed by atoms with van der Waals surface area (Å²) < 4.78 is 40.1. The number of benzene rings is 2. The SMILES string of the molecule is C/N=C\N(N)c1cccc(SN(C)C(=O)Nc2ccc(Cl)c(C(F)(F)F)c2)c1. The molecule has 0 aliphatic rings. The Morgan fingerprint density at radius 3 is 2.64 bits per heavy atom. The van der Waals surface area contributed by atoms with Crippen molar-refractivity contribution in [2.24, 2.45) is 10.8 Å². The van der Waals surface area contributed by atoms with Crippen LogP contribution in [-0.4, -0.2) is 30.8 Å². The van der Waals surface area contributed by atoms with Gasteiger partial charge in [0.1, 0.15) is 6.34 Å². The minimum Gasteiger partial charge on any atom is -0.307 e. The molecule has 2 aromatic carbocycles. The molecule has 2 aromatic rings. The summed E-state index contributed by atoms with van der Waals surface area (Å²) >= 11 is 6.66. The molecule has 0 heterocycles. The molecular formula is C17H17ClF3N5OS. The number of hydrogen-bond acceptors (Lipinski definition) is 4. The van der Waals surface area contributed by atoms with E-state index >= 15 is 0 Å². The quantitative estimate of drug-likeness (QED) is 0.233. The maximum Gasteiger partial charge on any atom is 0.417 e. The second-order valence-electron chi connectivity index (χ2n) is 5.49. The second-order valence-corrected chi connectivity index (χ2v) is 7.10. The van der Waals surface area contributed by atoms with Crippen molar-refractivity contribution in [3.8, 4) is 0 Å². The molecule has 11 heteroatoms. The zero-order valence-electron chi connectivity index (χ0n) is 14.9. The van der Waals surface area contributed by atoms with Crippen molar-refractivity contribution in [2.45, 2.75) is 11.1 Å². The maximum atomic E-state index is 12.9. The van der Waals surface area contributed by atoms with Crippen LogP contribution in [0.15, 0.2) is 52.4 Å². The molecular weight excluding hydrogens is 415 g/mol. The maximum absolute atomic E-state index is 12.9. The number of rotatable bonds is 5. The minimum absolute atomic E-state index is 0.0183. The summed E-state index contributed by atoms with van der Waals surface area (Å²) in [6.45, 7) is 0. The summed E-state index contributed by atoms with van der Waals surface area (Å²) in [4.78, 5) is 16.8. The Hall–Kier alpha value is -2.43. The number of amides is 2. The molecule has 0 radical (unpaired) electrons. The summed E-state index contributed by atoms with van der Waals surface area (Å²) in [7, 11) is 3.07. The number of hydrazine groups is 1. The average molecular weight is 432 g/mol. The van der Waals surface area contributed by atoms with E-state index in [1.165, 1.54) is 28.8 Å². The van der Waals surface area contributed by atoms with Gasteiger partial charge in [0, 0.05) is 24.7 Å². The molecule has 0 spiro atoms. The van der Waals surface area contributed by atoms with E-state index in [1.54, 1.807) is 31.3 Å². The molecule has 0 saturated heterocycles. The van der Waals surface area contributed by atoms with Crippen molar-refractivity contribution in [3.05, 3.63) is 53.1 Å². The highest BCUT2D eigenvalue weighted by Gasteiger charge is 2.33. The molecule has 150 valence electrons. The van der Waals surface area contributed by atoms with Crippen molar-refractivity contribution in [2.75, 3.05) is 24.4 Å². The van der Waals surface area contributed by atoms with Gasteiger partial charge in [-0.3, -0.25) is 14.3 Å². The zero-order chi connectivity index (χ0) is 20.9. The van der Waals surface area contributed by atoms with Gasteiger partial charge in [-0.15, -0.1) is 0 Å². The highest BCUT2D eigenvalue weighted by Crippen LogP contribution is 2.36. The summed E-state index contributed by atoms with van der Waals surface area (Å²) in [5.41, 5.74) is -0.386. The first-order valence-electron chi connectivity index (χ1n) is 7.77. The smallest absolute Gasteiger partial charge is 0.307 e. The predicted molar refractivity (Wildman–Crippen MR) is 107 cm³/mol. The van der Waals surface area contributed by atoms with Crippen molar-refractivity contribution in [1.82, 2.24) is 4.31 Å². The number of carbonyl (C=O) groups excluding carboxylic acids is 1. The summed E-state index contributed by atoms with van der Waals surface area (Å²) in [6.07, 6.45) is -3.19. The van der Waals surface area contributed by atoms with Crippen LogP contribution in [0.4, 0.5) is 29.3 Å². The molecule has 0 bridgehead atoms. The van der Waals surface area contributed by atoms with Gasteiger partial charge in [0.05, 0.1) is 16.3 Å². The fourth-order valence-corrected chi connectivity index (χ4v) is 3.10. The summed E-state index contributed by atoms with van der Waals surface area (Å²) in [6, 6.07) is 9.58. The largest absolute Gasteiger partial charge is 0.417 e. The van der Waals surface area contributed by atoms with E-state index < -0.39 is 22.8 Å². The lowest BCUT2D eigenvalue weighted by Gasteiger charge is -2.19. The van der Waals surface area contributed by atoms with E-state index in [4.69, 9.17) is 17.4 Å². The lowest BCUT2D eigenvalue weighted by Crippen LogP contribution is -2.29. The van der Waals surface area contributed by atoms with Crippen molar-refractivity contribution in [3.63, 3.8) is 0 Å². The number of carbonyl (C=O) groups is 1. The van der Waals surface area contributed by atoms with Crippen LogP contribution in [0.1, 0.15) is 5.56 Å². The van der Waals surface area contributed by atoms with Crippen LogP contribution < -0.4 is 16.2 Å². The van der Waals surface area contributed by atoms with E-state index in [0.717, 1.165) is 24.1 Å². The van der Waals surface area contributed by atoms with E-state index in [9.17, 15) is 18.0 Å². The first kappa shape index (κ1) is 21.9. The third-order valence-corrected chi connectivity index (χ3v) is 4.64. The Morgan fingerprint density at radius 2 is 2.00 bits per heavy atom. The van der Waals surface area contributed by atoms with Gasteiger partial charge < -0.3 is 5.32 Å². The van der Waals surface area contributed by atoms with Gasteiger partial charge in [-0.25, -0.2) is 10.6 Å². The molecule has 2 amide bonds. The molecule has 3 N–H and O–H groups in total. The first-order valence-corrected chi connectivity index (χ1v) is 8.92. The average Bonchev–Trinajstić information content (AvgIpc) is 2.62. The monoisotopic (exact) mass is 431 g/mol. The van der Waals surface area contributed by atoms with Gasteiger partial charge in [-0.05, 0) is 48.3 Å². The molecule has 0 unspecified atom stereocenters. The number of urea groups is 1. The standard InChI is InChI=1S/C17H17ClF3N5OS/c1-23-10-26(22)12-4-3-5-13(9-12)28-25(2)16(27)24-11-6-7-15(18)14(8-11)17(19,20)21/h3-10H,22H2,1-2H3,(H,24,27)/b23-10-. The van der Waals surface area contributed by atoms with Gasteiger partial charge in [0.25, 0.3) is 0 Å². The van der Waals surface area contributed by atoms with Crippen LogP contribution in [0.25, 0.3) is 0 Å². The lowest BCUT2D eigenvalue weighted by atomic mass is 10.2. The highest BCUT2D eigenvalue weighted by molar-refractivity contribution is 7.97. The van der Waals surface area contributed by atoms with Gasteiger partial charge in [-0.1, -0.05) is 17.7 Å². The Bertz CT molecular complexity index is 878. The van der Waals surface area contributed by atoms with Gasteiger partial charge in [0.2, 0.25) is 0 Å². The topological polar surface area (TPSA) is 74.0 Å². The highest BCUT2D eigenvalue weighted by atomic mass is 35.5. The molecule has 0 atom stereocenters. The molecule has 6 nitrogen and oxygen atoms in total. The third kappa shape index (κ3) is 5.78. The summed E-state index contributed by atoms with van der Waals surface area (Å²) in [5.74, 6) is 5.81. The van der Waals surface area contributed by atoms with Gasteiger partial charge in [-0.2, -0.15) is 13.2 Å². The molecule has 0 fully saturated rings. The van der Waals surface area contributed by atoms with E-state index in [-0.39, 0.29) is 5.69 Å². The normalized spacial score (nSPS) is 11.5. The predicted octanol–water partition coefficient (Wildman–Crippen LogP) is 4.87. The first-order chi connectivity index (χ1) is 13.1. The van der Waals surface area contributed by atoms with Gasteiger partial charge >= 0.3 is 12.2 Å². The zero-order valence-corrected chi connectivity index (χ0v) is 16.4. The van der Waals surface area contributed by atoms with Crippen LogP contribution in [0.3, 0.4) is 0 Å². The fourth-order valence-electron chi connectivity index (χ4n) is 2.11. The molecule has 2 rings (SSSR count). The molecule has 28 heavy (non-hydrogen) atoms. The molecule has 0 saturated carbocycles. The van der Waals surface area contributed by atoms with E-state index in [0.29, 0.717) is 10.6 Å². The van der Waals surface area contributed by atoms with E-state index in [1.807, 2.05) is 0 Å². The Balaban J connectivity index is 2.09. The number of hydrogen-bond donors (Lipinski definition) is 2. The van der Waals surface area contributed by atoms with Crippen molar-refractivity contribution >= 4 is 47.3 Å². The van der Waals surface area contributed by atoms with Crippen LogP contribution in [-0.2, 0) is 6.18 Å². The number of nitrogens with one attached hydrogen (secondary N) is 1. The van der Waals surface area contributed by atoms with Crippen LogP contribution >= 0.6 is 23.5 Å². The van der Waals surface area contributed by atoms with Crippen LogP contribution in [0.2, 0.25) is 5.02 Å². The summed E-state index contributed by atoms with van der Waals surface area (Å²) in [5, 5.41) is 3.29. The number of halogens is 4. The number of nitrogens with zero attached hydrogens (tertiary/aromatic N) is 3. The van der Waals surface area contributed by atoms with Crippen molar-refractivity contribution in [1.29, 1.82) is 0 Å². The number of nitrogens with two attached hydrogens (primary N) is 1. The Kier molecular flexibility index (Phi) is 7.17. The third-order valence-electron chi connectivity index (χ3n) is 3.41. The Morgan fingerprint density at radius 1 is 1.29 bits per heavy atom. The second kappa shape index (κ2) is 9.18. The number of alkyl halides is 3. The minimum atomic E-state index is -4.62. The number of anilines is 2. The fraction of sp³-hybridized carbons (Fsp3) is 0.176. The molecule has 0 aliphatic heterocycles. The van der Waals surface area contributed by atoms with Crippen molar-refractivity contribution < 1.29 is 18.0 Å². The van der Waals surface area contributed by atoms with Gasteiger partial charge in [0.15, 0.2) is 0 Å². The molecule has 0 aromatic heterocycles. The van der Waals surface area contributed by atoms with Crippen LogP contribution in [0.5, 0.6) is 0 Å². The molecule has 0 aliphatic carbocycles. The Labute approximate surface area is 169 Å². The van der Waals surface area contributed by atoms with E-state index in [2.05, 4.69) is 10.3 Å². The lowest BCUT2D eigenvalue weighted by molar-refractivity contribution is -0.137. The number of aliphatic imine (C=N–C) groups is 1.